The summed E-state index contributed by atoms with van der Waals surface area (Å²) in [6.07, 6.45) is 5.72. The largest absolute Gasteiger partial charge is 0.394 e. The van der Waals surface area contributed by atoms with Gasteiger partial charge in [-0.1, -0.05) is 105 Å². The third kappa shape index (κ3) is 21.4. The maximum absolute atomic E-state index is 15.8. The molecule has 12 amide bonds. The van der Waals surface area contributed by atoms with Gasteiger partial charge in [-0.15, -0.1) is 0 Å². The molecule has 0 aromatic rings. The quantitative estimate of drug-likeness (QED) is 0.155. The van der Waals surface area contributed by atoms with Crippen molar-refractivity contribution in [3.63, 3.8) is 0 Å². The Balaban J connectivity index is 1.32. The van der Waals surface area contributed by atoms with E-state index in [9.17, 15) is 41.9 Å². The lowest BCUT2D eigenvalue weighted by molar-refractivity contribution is -0.215. The van der Waals surface area contributed by atoms with Gasteiger partial charge >= 0.3 is 6.18 Å². The number of likely N-dealkylation sites (N-methyl/N-ethyl adjacent to an activating group) is 7. The fourth-order valence-corrected chi connectivity index (χ4v) is 18.0. The molecule has 6 fully saturated rings. The molecule has 7 aliphatic rings. The number of fused-ring (bicyclic) bond motifs is 3. The molecule has 13 atom stereocenters. The van der Waals surface area contributed by atoms with Crippen LogP contribution in [0.2, 0.25) is 0 Å². The summed E-state index contributed by atoms with van der Waals surface area (Å²) in [5.74, 6) is -10.7. The van der Waals surface area contributed by atoms with E-state index in [4.69, 9.17) is 9.47 Å². The van der Waals surface area contributed by atoms with Gasteiger partial charge in [0.1, 0.15) is 53.9 Å². The van der Waals surface area contributed by atoms with Crippen LogP contribution in [0.25, 0.3) is 0 Å². The smallest absolute Gasteiger partial charge is 0.381 e. The highest BCUT2D eigenvalue weighted by molar-refractivity contribution is 6.01. The first-order chi connectivity index (χ1) is 50.4. The Hall–Kier alpha value is -6.91. The molecule has 107 heavy (non-hydrogen) atoms. The van der Waals surface area contributed by atoms with Crippen molar-refractivity contribution in [1.82, 2.24) is 60.0 Å². The van der Waals surface area contributed by atoms with Gasteiger partial charge in [0.15, 0.2) is 0 Å². The van der Waals surface area contributed by atoms with Gasteiger partial charge in [-0.25, -0.2) is 0 Å². The summed E-state index contributed by atoms with van der Waals surface area (Å²) in [5.41, 5.74) is -2.12. The second-order valence-corrected chi connectivity index (χ2v) is 33.2. The van der Waals surface area contributed by atoms with E-state index in [1.54, 1.807) is 26.8 Å². The molecule has 1 spiro atoms. The molecular formula is C78H127F3N12O14. The topological polar surface area (TPSA) is 289 Å². The van der Waals surface area contributed by atoms with Crippen molar-refractivity contribution >= 4 is 70.9 Å². The van der Waals surface area contributed by atoms with Crippen LogP contribution in [0.15, 0.2) is 12.2 Å². The molecule has 2 saturated heterocycles. The number of carbonyl (C=O) groups is 12. The molecule has 0 aromatic heterocycles. The van der Waals surface area contributed by atoms with Crippen molar-refractivity contribution in [2.45, 2.75) is 263 Å². The second-order valence-electron chi connectivity index (χ2n) is 33.2. The first kappa shape index (κ1) is 87.3. The number of rotatable bonds is 15. The van der Waals surface area contributed by atoms with Crippen molar-refractivity contribution < 1.29 is 80.2 Å². The highest BCUT2D eigenvalue weighted by Gasteiger charge is 2.59. The van der Waals surface area contributed by atoms with E-state index in [-0.39, 0.29) is 115 Å². The SMILES string of the molecule is CCOC[C@H]1C(=O)N[C@@H]([C@@H](C)CC)C(=O)N(C)CC(=O)N(C)[C@H]2C/C=C\CCN(C2=O)[C@@H](CC2CCC(CC)CC2)C(=O)N(C)CC(=O)N[C@@H](CCC2CCC(C(F)(F)F)C(OC)C2)C(=O)N2C[C@@H](C)C[C@H]2C(=O)NC2(CC(C)(C)C2)C(=O)N(C)[C@@H](C2CCCC2)C(=O)N(C)[C@H](C(=O)N(C)CC)CC(=O)N1C. The average molecular weight is 1510 g/mol. The van der Waals surface area contributed by atoms with Gasteiger partial charge < -0.3 is 69.5 Å². The molecular weight excluding hydrogens is 1390 g/mol. The minimum atomic E-state index is -4.51. The van der Waals surface area contributed by atoms with Crippen LogP contribution in [-0.4, -0.2) is 284 Å². The number of nitrogens with zero attached hydrogens (tertiary/aromatic N) is 9. The molecule has 0 radical (unpaired) electrons. The predicted octanol–water partition coefficient (Wildman–Crippen LogP) is 6.18. The van der Waals surface area contributed by atoms with E-state index >= 15 is 28.8 Å². The number of amides is 12. The third-order valence-electron chi connectivity index (χ3n) is 24.9. The number of halogens is 3. The van der Waals surface area contributed by atoms with Crippen molar-refractivity contribution in [3.8, 4) is 0 Å². The number of alkyl halides is 3. The van der Waals surface area contributed by atoms with E-state index in [2.05, 4.69) is 22.9 Å². The van der Waals surface area contributed by atoms with Crippen molar-refractivity contribution in [2.75, 3.05) is 102 Å². The molecule has 3 aliphatic heterocycles. The Morgan fingerprint density at radius 2 is 1.32 bits per heavy atom. The standard InChI is InChI=1S/C78H127F3N12O14/c1-17-49(6)65-73(103)87(11)44-64(96)88(12)56-28-22-21-25-37-92(72(56)102)59(39-51-31-29-50(18-2)30-32-51)71(101)86(10)43-62(94)82-55(36-34-52-33-35-54(78(79,80)81)61(40-52)106-16)69(99)93-42-48(5)38-57(93)68(98)84-77(46-76(7,8)47-77)75(105)91(15)66(53-26-23-24-27-53)74(104)90(14)58(70(100)85(9)19-3)41-63(95)89(13)60(45-107-20-4)67(97)83-65/h21-22,48-61,65-66H,17-20,23-47H2,1-16H3,(H,82,94)(H,83,97)(H,84,98)/b22-21-/t48-,49-,50?,51?,52?,54?,55-,56-,57-,58-,59-,60-,61?,65-,66-/m0/s1. The summed E-state index contributed by atoms with van der Waals surface area (Å²) in [6, 6.07) is -10.2. The maximum Gasteiger partial charge on any atom is 0.394 e. The zero-order chi connectivity index (χ0) is 79.3. The molecule has 26 nitrogen and oxygen atoms in total. The van der Waals surface area contributed by atoms with Crippen LogP contribution >= 0.6 is 0 Å². The van der Waals surface area contributed by atoms with Gasteiger partial charge in [0.2, 0.25) is 70.9 Å². The summed E-state index contributed by atoms with van der Waals surface area (Å²) in [6.45, 7) is 13.8. The summed E-state index contributed by atoms with van der Waals surface area (Å²) < 4.78 is 54.2. The number of carbonyl (C=O) groups excluding carboxylic acids is 12. The number of hydrogen-bond acceptors (Lipinski definition) is 14. The molecule has 4 aliphatic carbocycles. The van der Waals surface area contributed by atoms with Gasteiger partial charge in [-0.3, -0.25) is 57.5 Å². The average Bonchev–Trinajstić information content (AvgIpc) is 1.31. The first-order valence-electron chi connectivity index (χ1n) is 39.5. The van der Waals surface area contributed by atoms with Gasteiger partial charge in [0, 0.05) is 82.7 Å². The second kappa shape index (κ2) is 38.1. The lowest BCUT2D eigenvalue weighted by Crippen LogP contribution is -2.71. The van der Waals surface area contributed by atoms with Gasteiger partial charge in [0.25, 0.3) is 0 Å². The third-order valence-corrected chi connectivity index (χ3v) is 24.9. The zero-order valence-electron chi connectivity index (χ0n) is 66.8. The van der Waals surface area contributed by atoms with Crippen LogP contribution in [0.5, 0.6) is 0 Å². The molecule has 3 unspecified atom stereocenters. The van der Waals surface area contributed by atoms with Crippen molar-refractivity contribution in [3.05, 3.63) is 12.2 Å². The van der Waals surface area contributed by atoms with Gasteiger partial charge in [0.05, 0.1) is 38.1 Å². The number of methoxy groups -OCH3 is 1. The van der Waals surface area contributed by atoms with Crippen LogP contribution in [0, 0.1) is 46.8 Å². The van der Waals surface area contributed by atoms with E-state index in [0.29, 0.717) is 31.6 Å². The monoisotopic (exact) mass is 1510 g/mol. The Bertz CT molecular complexity index is 3170. The molecule has 29 heteroatoms. The molecule has 7 rings (SSSR count). The summed E-state index contributed by atoms with van der Waals surface area (Å²) >= 11 is 0. The Morgan fingerprint density at radius 1 is 0.682 bits per heavy atom. The fourth-order valence-electron chi connectivity index (χ4n) is 18.0. The summed E-state index contributed by atoms with van der Waals surface area (Å²) in [5, 5.41) is 8.87. The Kier molecular flexibility index (Phi) is 31.1. The summed E-state index contributed by atoms with van der Waals surface area (Å²) in [7, 11) is 11.3. The highest BCUT2D eigenvalue weighted by atomic mass is 19.4. The van der Waals surface area contributed by atoms with E-state index in [1.807, 2.05) is 33.8 Å². The number of nitrogens with one attached hydrogen (secondary N) is 3. The van der Waals surface area contributed by atoms with Crippen LogP contribution in [-0.2, 0) is 67.0 Å². The summed E-state index contributed by atoms with van der Waals surface area (Å²) in [4.78, 5) is 194. The van der Waals surface area contributed by atoms with Gasteiger partial charge in [-0.05, 0) is 138 Å². The van der Waals surface area contributed by atoms with Crippen LogP contribution in [0.4, 0.5) is 13.2 Å². The Labute approximate surface area is 632 Å². The van der Waals surface area contributed by atoms with Crippen LogP contribution in [0.3, 0.4) is 0 Å². The van der Waals surface area contributed by atoms with Crippen molar-refractivity contribution in [1.29, 1.82) is 0 Å². The van der Waals surface area contributed by atoms with E-state index in [1.165, 1.54) is 90.7 Å². The first-order valence-corrected chi connectivity index (χ1v) is 39.5. The molecule has 3 N–H and O–H groups in total. The molecule has 3 heterocycles. The molecule has 4 saturated carbocycles. The maximum atomic E-state index is 15.8. The molecule has 604 valence electrons. The minimum absolute atomic E-state index is 0.000119. The fraction of sp³-hybridized carbons (Fsp3) is 0.821. The molecule has 2 bridgehead atoms. The minimum Gasteiger partial charge on any atom is -0.381 e. The number of ether oxygens (including phenoxy) is 2. The van der Waals surface area contributed by atoms with Crippen molar-refractivity contribution in [2.24, 2.45) is 46.8 Å². The molecule has 0 aromatic carbocycles. The lowest BCUT2D eigenvalue weighted by Gasteiger charge is -2.54. The zero-order valence-corrected chi connectivity index (χ0v) is 66.8. The normalized spacial score (nSPS) is 31.7. The van der Waals surface area contributed by atoms with E-state index < -0.39 is 180 Å². The predicted molar refractivity (Wildman–Crippen MR) is 396 cm³/mol. The van der Waals surface area contributed by atoms with Crippen LogP contribution in [0.1, 0.15) is 197 Å². The van der Waals surface area contributed by atoms with Gasteiger partial charge in [-0.2, -0.15) is 13.2 Å². The highest BCUT2D eigenvalue weighted by Crippen LogP contribution is 2.50. The van der Waals surface area contributed by atoms with E-state index in [0.717, 1.165) is 54.7 Å². The lowest BCUT2D eigenvalue weighted by atomic mass is 9.58. The Morgan fingerprint density at radius 3 is 1.92 bits per heavy atom. The van der Waals surface area contributed by atoms with Crippen LogP contribution < -0.4 is 16.0 Å². The number of hydrogen-bond donors (Lipinski definition) is 3.